The van der Waals surface area contributed by atoms with Crippen LogP contribution in [0.25, 0.3) is 0 Å². The predicted octanol–water partition coefficient (Wildman–Crippen LogP) is 4.73. The van der Waals surface area contributed by atoms with E-state index >= 15 is 0 Å². The molecule has 1 atom stereocenters. The largest absolute Gasteiger partial charge is 0.306 e. The van der Waals surface area contributed by atoms with Gasteiger partial charge in [-0.2, -0.15) is 0 Å². The summed E-state index contributed by atoms with van der Waals surface area (Å²) in [4.78, 5) is 0. The Morgan fingerprint density at radius 3 is 2.55 bits per heavy atom. The van der Waals surface area contributed by atoms with Crippen molar-refractivity contribution in [2.24, 2.45) is 0 Å². The Hall–Kier alpha value is -1.26. The zero-order chi connectivity index (χ0) is 14.7. The van der Waals surface area contributed by atoms with Crippen LogP contribution in [0.1, 0.15) is 29.7 Å². The van der Waals surface area contributed by atoms with E-state index < -0.39 is 6.04 Å². The average Bonchev–Trinajstić information content (AvgIpc) is 2.40. The summed E-state index contributed by atoms with van der Waals surface area (Å²) in [6, 6.07) is 9.56. The van der Waals surface area contributed by atoms with Crippen LogP contribution in [-0.4, -0.2) is 6.54 Å². The van der Waals surface area contributed by atoms with Crippen molar-refractivity contribution in [3.05, 3.63) is 69.2 Å². The Morgan fingerprint density at radius 2 is 1.90 bits per heavy atom. The van der Waals surface area contributed by atoms with Gasteiger partial charge in [-0.25, -0.2) is 8.78 Å². The summed E-state index contributed by atoms with van der Waals surface area (Å²) < 4.78 is 28.8. The standard InChI is InChI=1S/C16H16BrF2N/c1-3-20-16(11-8-7-10(2)9-14(11)18)12-5-4-6-13(17)15(12)19/h4-9,16,20H,3H2,1-2H3. The molecular formula is C16H16BrF2N. The van der Waals surface area contributed by atoms with Crippen LogP contribution in [0, 0.1) is 18.6 Å². The van der Waals surface area contributed by atoms with Crippen molar-refractivity contribution in [3.8, 4) is 0 Å². The summed E-state index contributed by atoms with van der Waals surface area (Å²) in [5.74, 6) is -0.686. The molecule has 2 rings (SSSR count). The number of nitrogens with one attached hydrogen (secondary N) is 1. The third-order valence-corrected chi connectivity index (χ3v) is 3.78. The highest BCUT2D eigenvalue weighted by Crippen LogP contribution is 2.30. The molecule has 0 bridgehead atoms. The molecule has 0 aliphatic carbocycles. The van der Waals surface area contributed by atoms with E-state index in [9.17, 15) is 8.78 Å². The van der Waals surface area contributed by atoms with Gasteiger partial charge in [0.25, 0.3) is 0 Å². The Balaban J connectivity index is 2.53. The van der Waals surface area contributed by atoms with Crippen molar-refractivity contribution in [2.45, 2.75) is 19.9 Å². The van der Waals surface area contributed by atoms with Crippen LogP contribution < -0.4 is 5.32 Å². The fourth-order valence-corrected chi connectivity index (χ4v) is 2.58. The lowest BCUT2D eigenvalue weighted by molar-refractivity contribution is 0.528. The maximum atomic E-state index is 14.3. The smallest absolute Gasteiger partial charge is 0.142 e. The molecule has 2 aromatic carbocycles. The molecule has 0 saturated carbocycles. The molecule has 0 aliphatic rings. The molecule has 2 aromatic rings. The van der Waals surface area contributed by atoms with Gasteiger partial charge in [0.2, 0.25) is 0 Å². The van der Waals surface area contributed by atoms with Crippen LogP contribution in [0.5, 0.6) is 0 Å². The number of rotatable bonds is 4. The Bertz CT molecular complexity index is 613. The highest BCUT2D eigenvalue weighted by molar-refractivity contribution is 9.10. The van der Waals surface area contributed by atoms with E-state index in [-0.39, 0.29) is 11.6 Å². The molecule has 1 N–H and O–H groups in total. The minimum absolute atomic E-state index is 0.324. The van der Waals surface area contributed by atoms with Gasteiger partial charge < -0.3 is 5.32 Å². The Labute approximate surface area is 126 Å². The third-order valence-electron chi connectivity index (χ3n) is 3.17. The molecular weight excluding hydrogens is 324 g/mol. The van der Waals surface area contributed by atoms with Crippen molar-refractivity contribution in [1.82, 2.24) is 5.32 Å². The molecule has 0 aromatic heterocycles. The van der Waals surface area contributed by atoms with E-state index in [2.05, 4.69) is 21.2 Å². The monoisotopic (exact) mass is 339 g/mol. The molecule has 1 unspecified atom stereocenters. The zero-order valence-electron chi connectivity index (χ0n) is 11.4. The maximum Gasteiger partial charge on any atom is 0.142 e. The van der Waals surface area contributed by atoms with E-state index in [1.54, 1.807) is 24.3 Å². The SMILES string of the molecule is CCNC(c1ccc(C)cc1F)c1cccc(Br)c1F. The quantitative estimate of drug-likeness (QED) is 0.848. The molecule has 0 heterocycles. The summed E-state index contributed by atoms with van der Waals surface area (Å²) in [5.41, 5.74) is 1.73. The zero-order valence-corrected chi connectivity index (χ0v) is 13.0. The minimum atomic E-state index is -0.502. The van der Waals surface area contributed by atoms with Gasteiger partial charge in [-0.1, -0.05) is 31.2 Å². The number of benzene rings is 2. The highest BCUT2D eigenvalue weighted by atomic mass is 79.9. The minimum Gasteiger partial charge on any atom is -0.306 e. The molecule has 0 amide bonds. The van der Waals surface area contributed by atoms with Crippen LogP contribution in [0.2, 0.25) is 0 Å². The molecule has 0 spiro atoms. The molecule has 106 valence electrons. The first-order valence-electron chi connectivity index (χ1n) is 6.48. The van der Waals surface area contributed by atoms with E-state index in [1.165, 1.54) is 6.07 Å². The Morgan fingerprint density at radius 1 is 1.15 bits per heavy atom. The fourth-order valence-electron chi connectivity index (χ4n) is 2.20. The topological polar surface area (TPSA) is 12.0 Å². The van der Waals surface area contributed by atoms with Crippen LogP contribution >= 0.6 is 15.9 Å². The normalized spacial score (nSPS) is 12.4. The van der Waals surface area contributed by atoms with Gasteiger partial charge in [0, 0.05) is 11.1 Å². The van der Waals surface area contributed by atoms with E-state index in [4.69, 9.17) is 0 Å². The third kappa shape index (κ3) is 3.07. The van der Waals surface area contributed by atoms with Gasteiger partial charge in [-0.15, -0.1) is 0 Å². The molecule has 0 aliphatic heterocycles. The van der Waals surface area contributed by atoms with Gasteiger partial charge in [0.1, 0.15) is 11.6 Å². The maximum absolute atomic E-state index is 14.3. The van der Waals surface area contributed by atoms with Crippen molar-refractivity contribution < 1.29 is 8.78 Å². The van der Waals surface area contributed by atoms with Gasteiger partial charge in [-0.3, -0.25) is 0 Å². The van der Waals surface area contributed by atoms with Crippen molar-refractivity contribution in [3.63, 3.8) is 0 Å². The molecule has 20 heavy (non-hydrogen) atoms. The summed E-state index contributed by atoms with van der Waals surface area (Å²) in [6.45, 7) is 4.35. The Kier molecular flexibility index (Phi) is 4.89. The predicted molar refractivity (Wildman–Crippen MR) is 80.8 cm³/mol. The summed E-state index contributed by atoms with van der Waals surface area (Å²) in [6.07, 6.45) is 0. The van der Waals surface area contributed by atoms with E-state index in [0.29, 0.717) is 22.1 Å². The number of hydrogen-bond donors (Lipinski definition) is 1. The lowest BCUT2D eigenvalue weighted by Crippen LogP contribution is -2.24. The second kappa shape index (κ2) is 6.46. The van der Waals surface area contributed by atoms with E-state index in [1.807, 2.05) is 19.9 Å². The van der Waals surface area contributed by atoms with Gasteiger partial charge in [0.05, 0.1) is 10.5 Å². The van der Waals surface area contributed by atoms with Crippen LogP contribution in [0.3, 0.4) is 0 Å². The number of aryl methyl sites for hydroxylation is 1. The van der Waals surface area contributed by atoms with Crippen LogP contribution in [0.4, 0.5) is 8.78 Å². The second-order valence-electron chi connectivity index (χ2n) is 4.66. The molecule has 0 radical (unpaired) electrons. The summed E-state index contributed by atoms with van der Waals surface area (Å²) >= 11 is 3.17. The van der Waals surface area contributed by atoms with Crippen molar-refractivity contribution in [1.29, 1.82) is 0 Å². The fraction of sp³-hybridized carbons (Fsp3) is 0.250. The average molecular weight is 340 g/mol. The summed E-state index contributed by atoms with van der Waals surface area (Å²) in [7, 11) is 0. The molecule has 0 saturated heterocycles. The molecule has 0 fully saturated rings. The van der Waals surface area contributed by atoms with Gasteiger partial charge in [0.15, 0.2) is 0 Å². The summed E-state index contributed by atoms with van der Waals surface area (Å²) in [5, 5.41) is 3.14. The second-order valence-corrected chi connectivity index (χ2v) is 5.51. The lowest BCUT2D eigenvalue weighted by Gasteiger charge is -2.21. The molecule has 4 heteroatoms. The van der Waals surface area contributed by atoms with Gasteiger partial charge in [-0.05, 0) is 47.1 Å². The first-order chi connectivity index (χ1) is 9.54. The first-order valence-corrected chi connectivity index (χ1v) is 7.27. The highest BCUT2D eigenvalue weighted by Gasteiger charge is 2.21. The van der Waals surface area contributed by atoms with E-state index in [0.717, 1.165) is 5.56 Å². The molecule has 1 nitrogen and oxygen atoms in total. The van der Waals surface area contributed by atoms with Crippen molar-refractivity contribution >= 4 is 15.9 Å². The van der Waals surface area contributed by atoms with Crippen LogP contribution in [-0.2, 0) is 0 Å². The van der Waals surface area contributed by atoms with Gasteiger partial charge >= 0.3 is 0 Å². The first kappa shape index (κ1) is 15.1. The number of halogens is 3. The van der Waals surface area contributed by atoms with Crippen molar-refractivity contribution in [2.75, 3.05) is 6.54 Å². The lowest BCUT2D eigenvalue weighted by atomic mass is 9.96. The van der Waals surface area contributed by atoms with Crippen LogP contribution in [0.15, 0.2) is 40.9 Å². The number of hydrogen-bond acceptors (Lipinski definition) is 1.